The van der Waals surface area contributed by atoms with Crippen LogP contribution < -0.4 is 5.32 Å². The Balaban J connectivity index is 2.19. The van der Waals surface area contributed by atoms with E-state index in [1.165, 1.54) is 12.0 Å². The third-order valence-corrected chi connectivity index (χ3v) is 4.19. The fraction of sp³-hybridized carbons (Fsp3) is 0.600. The first-order chi connectivity index (χ1) is 8.06. The van der Waals surface area contributed by atoms with Gasteiger partial charge in [-0.05, 0) is 42.3 Å². The lowest BCUT2D eigenvalue weighted by Gasteiger charge is -2.22. The number of halogens is 1. The van der Waals surface area contributed by atoms with Crippen LogP contribution in [-0.2, 0) is 0 Å². The van der Waals surface area contributed by atoms with Crippen molar-refractivity contribution in [1.29, 1.82) is 0 Å². The highest BCUT2D eigenvalue weighted by molar-refractivity contribution is 6.31. The Kier molecular flexibility index (Phi) is 3.79. The predicted molar refractivity (Wildman–Crippen MR) is 74.4 cm³/mol. The molecular weight excluding hydrogens is 230 g/mol. The molecule has 17 heavy (non-hydrogen) atoms. The van der Waals surface area contributed by atoms with Gasteiger partial charge in [0.1, 0.15) is 0 Å². The maximum Gasteiger partial charge on any atom is 0.0453 e. The molecule has 94 valence electrons. The monoisotopic (exact) mass is 251 g/mol. The summed E-state index contributed by atoms with van der Waals surface area (Å²) in [6.45, 7) is 7.95. The fourth-order valence-corrected chi connectivity index (χ4v) is 2.83. The molecule has 0 spiro atoms. The Labute approximate surface area is 110 Å². The summed E-state index contributed by atoms with van der Waals surface area (Å²) in [4.78, 5) is 0. The van der Waals surface area contributed by atoms with Crippen LogP contribution in [-0.4, -0.2) is 6.54 Å². The zero-order valence-electron chi connectivity index (χ0n) is 11.0. The molecule has 0 amide bonds. The van der Waals surface area contributed by atoms with E-state index in [0.29, 0.717) is 17.4 Å². The molecule has 0 saturated heterocycles. The summed E-state index contributed by atoms with van der Waals surface area (Å²) in [5, 5.41) is 4.55. The summed E-state index contributed by atoms with van der Waals surface area (Å²) in [5.41, 5.74) is 1.73. The number of rotatable bonds is 5. The minimum Gasteiger partial charge on any atom is -0.310 e. The molecule has 1 fully saturated rings. The average Bonchev–Trinajstić information content (AvgIpc) is 2.91. The highest BCUT2D eigenvalue weighted by Crippen LogP contribution is 2.58. The maximum atomic E-state index is 6.32. The van der Waals surface area contributed by atoms with Gasteiger partial charge < -0.3 is 5.32 Å². The average molecular weight is 252 g/mol. The molecule has 0 aliphatic heterocycles. The van der Waals surface area contributed by atoms with Crippen LogP contribution in [0.1, 0.15) is 45.2 Å². The van der Waals surface area contributed by atoms with Gasteiger partial charge in [0.2, 0.25) is 0 Å². The third-order valence-electron chi connectivity index (χ3n) is 3.85. The van der Waals surface area contributed by atoms with Gasteiger partial charge in [-0.2, -0.15) is 0 Å². The van der Waals surface area contributed by atoms with Gasteiger partial charge in [-0.25, -0.2) is 0 Å². The second kappa shape index (κ2) is 4.99. The molecule has 2 heteroatoms. The Morgan fingerprint density at radius 1 is 1.41 bits per heavy atom. The number of hydrogen-bond donors (Lipinski definition) is 1. The van der Waals surface area contributed by atoms with Gasteiger partial charge in [0.25, 0.3) is 0 Å². The molecule has 0 heterocycles. The van der Waals surface area contributed by atoms with E-state index in [1.807, 2.05) is 12.1 Å². The van der Waals surface area contributed by atoms with Crippen molar-refractivity contribution in [2.75, 3.05) is 6.54 Å². The lowest BCUT2D eigenvalue weighted by atomic mass is 9.97. The predicted octanol–water partition coefficient (Wildman–Crippen LogP) is 4.43. The van der Waals surface area contributed by atoms with Gasteiger partial charge in [-0.15, -0.1) is 0 Å². The molecule has 1 aromatic carbocycles. The van der Waals surface area contributed by atoms with Gasteiger partial charge in [-0.1, -0.05) is 50.6 Å². The second-order valence-corrected chi connectivity index (χ2v) is 6.16. The summed E-state index contributed by atoms with van der Waals surface area (Å²) in [6, 6.07) is 8.65. The molecule has 1 saturated carbocycles. The molecule has 1 aliphatic carbocycles. The molecule has 1 aromatic rings. The van der Waals surface area contributed by atoms with Crippen LogP contribution in [0.5, 0.6) is 0 Å². The van der Waals surface area contributed by atoms with E-state index in [1.54, 1.807) is 0 Å². The number of benzene rings is 1. The molecule has 1 nitrogen and oxygen atoms in total. The zero-order valence-corrected chi connectivity index (χ0v) is 11.7. The van der Waals surface area contributed by atoms with E-state index >= 15 is 0 Å². The fourth-order valence-electron chi connectivity index (χ4n) is 2.57. The third kappa shape index (κ3) is 2.83. The minimum atomic E-state index is 0.415. The minimum absolute atomic E-state index is 0.415. The molecular formula is C15H22ClN. The molecule has 0 aromatic heterocycles. The summed E-state index contributed by atoms with van der Waals surface area (Å²) in [6.07, 6.45) is 2.45. The standard InChI is InChI=1S/C15H22ClN/c1-4-9-17-14(12-10-15(12,2)3)11-7-5-6-8-13(11)16/h5-8,12,14,17H,4,9-10H2,1-3H3. The van der Waals surface area contributed by atoms with Crippen molar-refractivity contribution in [1.82, 2.24) is 5.32 Å². The number of hydrogen-bond acceptors (Lipinski definition) is 1. The van der Waals surface area contributed by atoms with Crippen LogP contribution in [0.2, 0.25) is 5.02 Å². The molecule has 2 atom stereocenters. The summed E-state index contributed by atoms with van der Waals surface area (Å²) in [7, 11) is 0. The highest BCUT2D eigenvalue weighted by Gasteiger charge is 2.50. The highest BCUT2D eigenvalue weighted by atomic mass is 35.5. The van der Waals surface area contributed by atoms with Gasteiger partial charge in [-0.3, -0.25) is 0 Å². The smallest absolute Gasteiger partial charge is 0.0453 e. The Morgan fingerprint density at radius 3 is 2.59 bits per heavy atom. The van der Waals surface area contributed by atoms with Crippen LogP contribution in [0.4, 0.5) is 0 Å². The SMILES string of the molecule is CCCNC(c1ccccc1Cl)C1CC1(C)C. The van der Waals surface area contributed by atoms with Gasteiger partial charge in [0.05, 0.1) is 0 Å². The van der Waals surface area contributed by atoms with Crippen LogP contribution in [0, 0.1) is 11.3 Å². The van der Waals surface area contributed by atoms with E-state index in [4.69, 9.17) is 11.6 Å². The van der Waals surface area contributed by atoms with Gasteiger partial charge in [0, 0.05) is 11.1 Å². The lowest BCUT2D eigenvalue weighted by Crippen LogP contribution is -2.25. The Morgan fingerprint density at radius 2 is 2.06 bits per heavy atom. The quantitative estimate of drug-likeness (QED) is 0.817. The van der Waals surface area contributed by atoms with E-state index in [0.717, 1.165) is 18.0 Å². The van der Waals surface area contributed by atoms with Crippen LogP contribution in [0.3, 0.4) is 0 Å². The van der Waals surface area contributed by atoms with E-state index in [2.05, 4.69) is 38.2 Å². The van der Waals surface area contributed by atoms with Crippen molar-refractivity contribution >= 4 is 11.6 Å². The maximum absolute atomic E-state index is 6.32. The summed E-state index contributed by atoms with van der Waals surface area (Å²) in [5.74, 6) is 0.717. The second-order valence-electron chi connectivity index (χ2n) is 5.75. The molecule has 1 aliphatic rings. The molecule has 2 unspecified atom stereocenters. The Bertz CT molecular complexity index is 386. The van der Waals surface area contributed by atoms with Crippen molar-refractivity contribution in [2.45, 2.75) is 39.7 Å². The van der Waals surface area contributed by atoms with E-state index < -0.39 is 0 Å². The number of nitrogens with one attached hydrogen (secondary N) is 1. The summed E-state index contributed by atoms with van der Waals surface area (Å²) < 4.78 is 0. The Hall–Kier alpha value is -0.530. The topological polar surface area (TPSA) is 12.0 Å². The first kappa shape index (κ1) is 12.9. The van der Waals surface area contributed by atoms with Crippen molar-refractivity contribution in [3.63, 3.8) is 0 Å². The zero-order chi connectivity index (χ0) is 12.5. The van der Waals surface area contributed by atoms with E-state index in [-0.39, 0.29) is 0 Å². The molecule has 1 N–H and O–H groups in total. The first-order valence-electron chi connectivity index (χ1n) is 6.54. The van der Waals surface area contributed by atoms with Crippen LogP contribution in [0.25, 0.3) is 0 Å². The largest absolute Gasteiger partial charge is 0.310 e. The van der Waals surface area contributed by atoms with Crippen molar-refractivity contribution in [3.05, 3.63) is 34.9 Å². The van der Waals surface area contributed by atoms with Crippen LogP contribution in [0.15, 0.2) is 24.3 Å². The van der Waals surface area contributed by atoms with Crippen molar-refractivity contribution in [2.24, 2.45) is 11.3 Å². The van der Waals surface area contributed by atoms with Crippen molar-refractivity contribution in [3.8, 4) is 0 Å². The molecule has 0 bridgehead atoms. The molecule has 2 rings (SSSR count). The first-order valence-corrected chi connectivity index (χ1v) is 6.92. The van der Waals surface area contributed by atoms with Crippen molar-refractivity contribution < 1.29 is 0 Å². The lowest BCUT2D eigenvalue weighted by molar-refractivity contribution is 0.416. The van der Waals surface area contributed by atoms with Gasteiger partial charge in [0.15, 0.2) is 0 Å². The van der Waals surface area contributed by atoms with Crippen LogP contribution >= 0.6 is 11.6 Å². The van der Waals surface area contributed by atoms with Gasteiger partial charge >= 0.3 is 0 Å². The van der Waals surface area contributed by atoms with E-state index in [9.17, 15) is 0 Å². The summed E-state index contributed by atoms with van der Waals surface area (Å²) >= 11 is 6.32. The normalized spacial score (nSPS) is 23.4. The molecule has 0 radical (unpaired) electrons.